The maximum absolute atomic E-state index is 10.6. The molecule has 12 heavy (non-hydrogen) atoms. The number of aliphatic carboxylic acids is 1. The number of nitrogens with zero attached hydrogens (tertiary/aromatic N) is 1. The largest absolute Gasteiger partial charge is 0.490 e. The van der Waals surface area contributed by atoms with Gasteiger partial charge >= 0.3 is 12.1 Å². The Kier molecular flexibility index (Phi) is 7.18. The van der Waals surface area contributed by atoms with Crippen LogP contribution in [0.4, 0.5) is 13.2 Å². The molecule has 0 fully saturated rings. The fraction of sp³-hybridized carbons (Fsp3) is 0.667. The van der Waals surface area contributed by atoms with Crippen molar-refractivity contribution in [2.45, 2.75) is 25.9 Å². The molecule has 0 rings (SSSR count). The van der Waals surface area contributed by atoms with Gasteiger partial charge in [0, 0.05) is 6.42 Å². The highest BCUT2D eigenvalue weighted by Gasteiger charge is 2.38. The van der Waals surface area contributed by atoms with Gasteiger partial charge in [-0.2, -0.15) is 18.4 Å². The Balaban J connectivity index is 0. The molecule has 0 spiro atoms. The lowest BCUT2D eigenvalue weighted by Crippen LogP contribution is -2.21. The SMILES string of the molecule is CCCC#N.O=C(O)C(F)(F)F. The van der Waals surface area contributed by atoms with Gasteiger partial charge in [0.2, 0.25) is 0 Å². The van der Waals surface area contributed by atoms with Gasteiger partial charge in [-0.3, -0.25) is 0 Å². The maximum atomic E-state index is 10.6. The topological polar surface area (TPSA) is 61.1 Å². The molecule has 0 aromatic carbocycles. The molecule has 0 aliphatic heterocycles. The number of carbonyl (C=O) groups is 1. The number of carboxylic acids is 1. The second-order valence-corrected chi connectivity index (χ2v) is 1.71. The highest BCUT2D eigenvalue weighted by atomic mass is 19.4. The van der Waals surface area contributed by atoms with Crippen molar-refractivity contribution in [3.8, 4) is 6.07 Å². The summed E-state index contributed by atoms with van der Waals surface area (Å²) in [5.74, 6) is -2.76. The average molecular weight is 183 g/mol. The normalized spacial score (nSPS) is 9.25. The quantitative estimate of drug-likeness (QED) is 0.675. The molecule has 0 radical (unpaired) electrons. The van der Waals surface area contributed by atoms with E-state index in [0.717, 1.165) is 6.42 Å². The van der Waals surface area contributed by atoms with Crippen molar-refractivity contribution < 1.29 is 23.1 Å². The van der Waals surface area contributed by atoms with Gasteiger partial charge in [-0.05, 0) is 6.42 Å². The van der Waals surface area contributed by atoms with E-state index < -0.39 is 12.1 Å². The van der Waals surface area contributed by atoms with E-state index in [2.05, 4.69) is 0 Å². The van der Waals surface area contributed by atoms with Crippen molar-refractivity contribution in [3.05, 3.63) is 0 Å². The molecule has 0 atom stereocenters. The van der Waals surface area contributed by atoms with E-state index in [9.17, 15) is 13.2 Å². The van der Waals surface area contributed by atoms with E-state index in [1.54, 1.807) is 0 Å². The molecule has 0 aliphatic rings. The monoisotopic (exact) mass is 183 g/mol. The molecule has 3 nitrogen and oxygen atoms in total. The minimum absolute atomic E-state index is 0.694. The van der Waals surface area contributed by atoms with Crippen LogP contribution in [0, 0.1) is 11.3 Å². The Hall–Kier alpha value is -1.25. The summed E-state index contributed by atoms with van der Waals surface area (Å²) >= 11 is 0. The summed E-state index contributed by atoms with van der Waals surface area (Å²) in [6, 6.07) is 2.02. The molecule has 0 aromatic rings. The van der Waals surface area contributed by atoms with Crippen molar-refractivity contribution in [1.82, 2.24) is 0 Å². The summed E-state index contributed by atoms with van der Waals surface area (Å²) in [5.41, 5.74) is 0. The first-order valence-corrected chi connectivity index (χ1v) is 3.03. The number of unbranched alkanes of at least 4 members (excludes halogenated alkanes) is 1. The number of carboxylic acid groups (broad SMARTS) is 1. The summed E-state index contributed by atoms with van der Waals surface area (Å²) < 4.78 is 31.7. The Morgan fingerprint density at radius 1 is 1.58 bits per heavy atom. The Labute approximate surface area is 67.4 Å². The highest BCUT2D eigenvalue weighted by molar-refractivity contribution is 5.73. The summed E-state index contributed by atoms with van der Waals surface area (Å²) in [4.78, 5) is 8.90. The van der Waals surface area contributed by atoms with Crippen LogP contribution in [-0.2, 0) is 4.79 Å². The zero-order chi connectivity index (χ0) is 10.2. The number of hydrogen-bond acceptors (Lipinski definition) is 2. The molecule has 0 saturated heterocycles. The second kappa shape index (κ2) is 6.46. The van der Waals surface area contributed by atoms with Crippen LogP contribution < -0.4 is 0 Å². The van der Waals surface area contributed by atoms with Crippen LogP contribution in [0.25, 0.3) is 0 Å². The molecule has 1 N–H and O–H groups in total. The number of rotatable bonds is 1. The Bertz CT molecular complexity index is 171. The average Bonchev–Trinajstić information content (AvgIpc) is 1.88. The van der Waals surface area contributed by atoms with Crippen LogP contribution >= 0.6 is 0 Å². The van der Waals surface area contributed by atoms with Gasteiger partial charge in [-0.15, -0.1) is 0 Å². The number of halogens is 3. The first kappa shape index (κ1) is 13.3. The van der Waals surface area contributed by atoms with Gasteiger partial charge in [0.15, 0.2) is 0 Å². The van der Waals surface area contributed by atoms with E-state index in [1.165, 1.54) is 0 Å². The van der Waals surface area contributed by atoms with Crippen molar-refractivity contribution in [3.63, 3.8) is 0 Å². The van der Waals surface area contributed by atoms with Gasteiger partial charge in [-0.25, -0.2) is 4.79 Å². The van der Waals surface area contributed by atoms with Crippen molar-refractivity contribution >= 4 is 5.97 Å². The first-order chi connectivity index (χ1) is 5.36. The third kappa shape index (κ3) is 11.5. The number of nitriles is 1. The van der Waals surface area contributed by atoms with Crippen molar-refractivity contribution in [2.75, 3.05) is 0 Å². The van der Waals surface area contributed by atoms with Gasteiger partial charge in [-0.1, -0.05) is 6.92 Å². The molecule has 0 aromatic heterocycles. The van der Waals surface area contributed by atoms with Gasteiger partial charge in [0.05, 0.1) is 6.07 Å². The molecule has 0 amide bonds. The van der Waals surface area contributed by atoms with E-state index in [1.807, 2.05) is 13.0 Å². The molecule has 0 saturated carbocycles. The van der Waals surface area contributed by atoms with Crippen molar-refractivity contribution in [2.24, 2.45) is 0 Å². The molecule has 70 valence electrons. The van der Waals surface area contributed by atoms with Crippen LogP contribution in [0.1, 0.15) is 19.8 Å². The second-order valence-electron chi connectivity index (χ2n) is 1.71. The minimum atomic E-state index is -5.08. The summed E-state index contributed by atoms with van der Waals surface area (Å²) in [5, 5.41) is 14.9. The lowest BCUT2D eigenvalue weighted by atomic mass is 10.4. The molecule has 0 bridgehead atoms. The fourth-order valence-corrected chi connectivity index (χ4v) is 0.112. The molecule has 0 unspecified atom stereocenters. The lowest BCUT2D eigenvalue weighted by Gasteiger charge is -1.93. The first-order valence-electron chi connectivity index (χ1n) is 3.03. The van der Waals surface area contributed by atoms with Crippen LogP contribution in [0.5, 0.6) is 0 Å². The van der Waals surface area contributed by atoms with Gasteiger partial charge in [0.1, 0.15) is 0 Å². The molecular weight excluding hydrogens is 175 g/mol. The smallest absolute Gasteiger partial charge is 0.475 e. The zero-order valence-corrected chi connectivity index (χ0v) is 6.35. The highest BCUT2D eigenvalue weighted by Crippen LogP contribution is 2.13. The third-order valence-electron chi connectivity index (χ3n) is 0.604. The van der Waals surface area contributed by atoms with E-state index in [4.69, 9.17) is 15.2 Å². The predicted molar refractivity (Wildman–Crippen MR) is 34.2 cm³/mol. The number of hydrogen-bond donors (Lipinski definition) is 1. The summed E-state index contributed by atoms with van der Waals surface area (Å²) in [7, 11) is 0. The van der Waals surface area contributed by atoms with Crippen molar-refractivity contribution in [1.29, 1.82) is 5.26 Å². The molecule has 0 aliphatic carbocycles. The zero-order valence-electron chi connectivity index (χ0n) is 6.35. The fourth-order valence-electron chi connectivity index (χ4n) is 0.112. The van der Waals surface area contributed by atoms with E-state index in [-0.39, 0.29) is 0 Å². The van der Waals surface area contributed by atoms with Gasteiger partial charge < -0.3 is 5.11 Å². The molecule has 0 heterocycles. The van der Waals surface area contributed by atoms with Crippen LogP contribution in [0.3, 0.4) is 0 Å². The summed E-state index contributed by atoms with van der Waals surface area (Å²) in [6.45, 7) is 1.99. The van der Waals surface area contributed by atoms with Crippen LogP contribution in [0.15, 0.2) is 0 Å². The maximum Gasteiger partial charge on any atom is 0.490 e. The Morgan fingerprint density at radius 2 is 1.92 bits per heavy atom. The van der Waals surface area contributed by atoms with Gasteiger partial charge in [0.25, 0.3) is 0 Å². The van der Waals surface area contributed by atoms with E-state index in [0.29, 0.717) is 6.42 Å². The third-order valence-corrected chi connectivity index (χ3v) is 0.604. The standard InChI is InChI=1S/C4H7N.C2HF3O2/c1-2-3-4-5;3-2(4,5)1(6)7/h2-3H2,1H3;(H,6,7). The minimum Gasteiger partial charge on any atom is -0.475 e. The predicted octanol–water partition coefficient (Wildman–Crippen LogP) is 1.94. The Morgan fingerprint density at radius 3 is 1.92 bits per heavy atom. The lowest BCUT2D eigenvalue weighted by molar-refractivity contribution is -0.192. The summed E-state index contributed by atoms with van der Waals surface area (Å²) in [6.07, 6.45) is -3.41. The van der Waals surface area contributed by atoms with E-state index >= 15 is 0 Å². The van der Waals surface area contributed by atoms with Crippen LogP contribution in [0.2, 0.25) is 0 Å². The molecule has 6 heteroatoms. The number of alkyl halides is 3. The van der Waals surface area contributed by atoms with Crippen LogP contribution in [-0.4, -0.2) is 17.3 Å². The molecular formula is C6H8F3NO2.